The van der Waals surface area contributed by atoms with E-state index in [1.807, 2.05) is 6.92 Å². The van der Waals surface area contributed by atoms with E-state index in [0.717, 1.165) is 4.88 Å². The smallest absolute Gasteiger partial charge is 0.340 e. The number of carbonyl (C=O) groups excluding carboxylic acids is 1. The largest absolute Gasteiger partial charge is 0.465 e. The highest BCUT2D eigenvalue weighted by Gasteiger charge is 2.26. The molecule has 0 aliphatic carbocycles. The molecular formula is C18H21N3O5S3. The Bertz CT molecular complexity index is 1010. The van der Waals surface area contributed by atoms with E-state index in [1.165, 1.54) is 28.8 Å². The lowest BCUT2D eigenvalue weighted by Gasteiger charge is -2.26. The van der Waals surface area contributed by atoms with E-state index in [9.17, 15) is 13.2 Å². The topological polar surface area (TPSA) is 97.0 Å². The highest BCUT2D eigenvalue weighted by atomic mass is 32.2. The zero-order chi connectivity index (χ0) is 21.0. The minimum atomic E-state index is -3.61. The molecule has 156 valence electrons. The molecule has 2 N–H and O–H groups in total. The van der Waals surface area contributed by atoms with Gasteiger partial charge < -0.3 is 20.1 Å². The van der Waals surface area contributed by atoms with Gasteiger partial charge in [0, 0.05) is 23.7 Å². The van der Waals surface area contributed by atoms with E-state index in [-0.39, 0.29) is 10.0 Å². The van der Waals surface area contributed by atoms with Gasteiger partial charge in [0.15, 0.2) is 5.11 Å². The number of anilines is 2. The van der Waals surface area contributed by atoms with Crippen LogP contribution < -0.4 is 10.6 Å². The predicted molar refractivity (Wildman–Crippen MR) is 116 cm³/mol. The molecule has 8 nitrogen and oxygen atoms in total. The molecule has 1 aliphatic rings. The van der Waals surface area contributed by atoms with E-state index in [1.54, 1.807) is 24.3 Å². The van der Waals surface area contributed by atoms with Crippen LogP contribution in [-0.4, -0.2) is 57.2 Å². The fraction of sp³-hybridized carbons (Fsp3) is 0.333. The molecule has 0 spiro atoms. The molecule has 1 aliphatic heterocycles. The SMILES string of the molecule is COC(=O)c1cc(C)sc1NC(=S)Nc1cccc(S(=O)(=O)N2CCOCC2)c1. The molecule has 1 aromatic carbocycles. The Kier molecular flexibility index (Phi) is 6.85. The lowest BCUT2D eigenvalue weighted by Crippen LogP contribution is -2.40. The third-order valence-corrected chi connectivity index (χ3v) is 7.25. The van der Waals surface area contributed by atoms with Gasteiger partial charge in [-0.15, -0.1) is 11.3 Å². The van der Waals surface area contributed by atoms with Crippen LogP contribution in [0.25, 0.3) is 0 Å². The normalized spacial score (nSPS) is 15.0. The quantitative estimate of drug-likeness (QED) is 0.525. The van der Waals surface area contributed by atoms with Crippen molar-refractivity contribution in [2.75, 3.05) is 44.0 Å². The van der Waals surface area contributed by atoms with Gasteiger partial charge in [0.1, 0.15) is 5.00 Å². The van der Waals surface area contributed by atoms with E-state index < -0.39 is 16.0 Å². The van der Waals surface area contributed by atoms with Crippen LogP contribution in [0.5, 0.6) is 0 Å². The molecule has 0 atom stereocenters. The van der Waals surface area contributed by atoms with Crippen LogP contribution in [0.15, 0.2) is 35.2 Å². The molecular weight excluding hydrogens is 434 g/mol. The average Bonchev–Trinajstić information content (AvgIpc) is 3.08. The number of hydrogen-bond acceptors (Lipinski definition) is 7. The minimum absolute atomic E-state index is 0.175. The number of aryl methyl sites for hydroxylation is 1. The van der Waals surface area contributed by atoms with Crippen LogP contribution in [0.1, 0.15) is 15.2 Å². The number of sulfonamides is 1. The third kappa shape index (κ3) is 5.11. The monoisotopic (exact) mass is 455 g/mol. The fourth-order valence-corrected chi connectivity index (χ4v) is 5.45. The van der Waals surface area contributed by atoms with Gasteiger partial charge in [-0.25, -0.2) is 13.2 Å². The Hall–Kier alpha value is -2.05. The molecule has 1 aromatic heterocycles. The van der Waals surface area contributed by atoms with Crippen molar-refractivity contribution in [3.63, 3.8) is 0 Å². The molecule has 0 bridgehead atoms. The Morgan fingerprint density at radius 3 is 2.66 bits per heavy atom. The second-order valence-corrected chi connectivity index (χ2v) is 9.82. The highest BCUT2D eigenvalue weighted by Crippen LogP contribution is 2.28. The number of nitrogens with one attached hydrogen (secondary N) is 2. The van der Waals surface area contributed by atoms with Crippen LogP contribution in [-0.2, 0) is 19.5 Å². The van der Waals surface area contributed by atoms with E-state index in [4.69, 9.17) is 21.7 Å². The van der Waals surface area contributed by atoms with Crippen molar-refractivity contribution in [1.29, 1.82) is 0 Å². The summed E-state index contributed by atoms with van der Waals surface area (Å²) in [7, 11) is -2.29. The molecule has 0 amide bonds. The first-order valence-electron chi connectivity index (χ1n) is 8.76. The first-order valence-corrected chi connectivity index (χ1v) is 11.4. The molecule has 11 heteroatoms. The zero-order valence-corrected chi connectivity index (χ0v) is 18.4. The summed E-state index contributed by atoms with van der Waals surface area (Å²) in [5.74, 6) is -0.460. The molecule has 0 saturated carbocycles. The van der Waals surface area contributed by atoms with Crippen LogP contribution in [0, 0.1) is 6.92 Å². The van der Waals surface area contributed by atoms with Crippen LogP contribution in [0.4, 0.5) is 10.7 Å². The number of morpholine rings is 1. The number of rotatable bonds is 5. The molecule has 1 saturated heterocycles. The van der Waals surface area contributed by atoms with Gasteiger partial charge in [0.2, 0.25) is 10.0 Å². The molecule has 2 aromatic rings. The van der Waals surface area contributed by atoms with Crippen molar-refractivity contribution >= 4 is 55.3 Å². The van der Waals surface area contributed by atoms with Crippen LogP contribution in [0.3, 0.4) is 0 Å². The maximum atomic E-state index is 12.8. The first-order chi connectivity index (χ1) is 13.8. The summed E-state index contributed by atoms with van der Waals surface area (Å²) in [6, 6.07) is 8.15. The summed E-state index contributed by atoms with van der Waals surface area (Å²) in [4.78, 5) is 13.0. The lowest BCUT2D eigenvalue weighted by atomic mass is 10.3. The van der Waals surface area contributed by atoms with Crippen molar-refractivity contribution in [2.45, 2.75) is 11.8 Å². The van der Waals surface area contributed by atoms with Crippen molar-refractivity contribution in [3.8, 4) is 0 Å². The van der Waals surface area contributed by atoms with Crippen LogP contribution >= 0.6 is 23.6 Å². The first kappa shape index (κ1) is 21.7. The number of thiophene rings is 1. The molecule has 0 unspecified atom stereocenters. The molecule has 29 heavy (non-hydrogen) atoms. The number of ether oxygens (including phenoxy) is 2. The molecule has 1 fully saturated rings. The van der Waals surface area contributed by atoms with Gasteiger partial charge in [-0.1, -0.05) is 6.07 Å². The summed E-state index contributed by atoms with van der Waals surface area (Å²) < 4.78 is 37.0. The lowest BCUT2D eigenvalue weighted by molar-refractivity contribution is 0.0602. The number of hydrogen-bond donors (Lipinski definition) is 2. The highest BCUT2D eigenvalue weighted by molar-refractivity contribution is 7.89. The fourth-order valence-electron chi connectivity index (χ4n) is 2.80. The number of benzene rings is 1. The van der Waals surface area contributed by atoms with Gasteiger partial charge in [-0.05, 0) is 43.4 Å². The maximum absolute atomic E-state index is 12.8. The van der Waals surface area contributed by atoms with Crippen molar-refractivity contribution < 1.29 is 22.7 Å². The van der Waals surface area contributed by atoms with Crippen molar-refractivity contribution in [3.05, 3.63) is 40.8 Å². The van der Waals surface area contributed by atoms with Gasteiger partial charge >= 0.3 is 5.97 Å². The number of thiocarbonyl (C=S) groups is 1. The molecule has 2 heterocycles. The number of nitrogens with zero attached hydrogens (tertiary/aromatic N) is 1. The van der Waals surface area contributed by atoms with E-state index in [2.05, 4.69) is 10.6 Å². The minimum Gasteiger partial charge on any atom is -0.465 e. The van der Waals surface area contributed by atoms with Gasteiger partial charge in [0.05, 0.1) is 30.8 Å². The molecule has 3 rings (SSSR count). The summed E-state index contributed by atoms with van der Waals surface area (Å²) >= 11 is 6.70. The second kappa shape index (κ2) is 9.18. The summed E-state index contributed by atoms with van der Waals surface area (Å²) in [5.41, 5.74) is 0.910. The number of methoxy groups -OCH3 is 1. The number of esters is 1. The van der Waals surface area contributed by atoms with Crippen molar-refractivity contribution in [1.82, 2.24) is 4.31 Å². The molecule has 0 radical (unpaired) electrons. The van der Waals surface area contributed by atoms with Gasteiger partial charge in [-0.3, -0.25) is 0 Å². The maximum Gasteiger partial charge on any atom is 0.340 e. The Labute approximate surface area is 178 Å². The number of carbonyl (C=O) groups is 1. The average molecular weight is 456 g/mol. The Morgan fingerprint density at radius 2 is 1.97 bits per heavy atom. The summed E-state index contributed by atoms with van der Waals surface area (Å²) in [6.07, 6.45) is 0. The zero-order valence-electron chi connectivity index (χ0n) is 15.9. The summed E-state index contributed by atoms with van der Waals surface area (Å²) in [5, 5.41) is 6.74. The van der Waals surface area contributed by atoms with Crippen LogP contribution in [0.2, 0.25) is 0 Å². The Balaban J connectivity index is 1.74. The third-order valence-electron chi connectivity index (χ3n) is 4.19. The van der Waals surface area contributed by atoms with E-state index in [0.29, 0.717) is 42.6 Å². The summed E-state index contributed by atoms with van der Waals surface area (Å²) in [6.45, 7) is 3.29. The second-order valence-electron chi connectivity index (χ2n) is 6.21. The Morgan fingerprint density at radius 1 is 1.24 bits per heavy atom. The standard InChI is InChI=1S/C18H21N3O5S3/c1-12-10-15(17(22)25-2)16(28-12)20-18(27)19-13-4-3-5-14(11-13)29(23,24)21-6-8-26-9-7-21/h3-5,10-11H,6-9H2,1-2H3,(H2,19,20,27). The van der Waals surface area contributed by atoms with Gasteiger partial charge in [0.25, 0.3) is 0 Å². The predicted octanol–water partition coefficient (Wildman–Crippen LogP) is 2.67. The van der Waals surface area contributed by atoms with E-state index >= 15 is 0 Å². The van der Waals surface area contributed by atoms with Crippen molar-refractivity contribution in [2.24, 2.45) is 0 Å². The van der Waals surface area contributed by atoms with Gasteiger partial charge in [-0.2, -0.15) is 4.31 Å².